The molecule has 2 amide bonds. The van der Waals surface area contributed by atoms with E-state index >= 15 is 0 Å². The van der Waals surface area contributed by atoms with Crippen LogP contribution in [0.4, 0.5) is 11.4 Å². The molecule has 4 aromatic carbocycles. The maximum Gasteiger partial charge on any atom is 0.253 e. The molecule has 43 heavy (non-hydrogen) atoms. The number of nitrogens with zero attached hydrogens (tertiary/aromatic N) is 1. The highest BCUT2D eigenvalue weighted by Crippen LogP contribution is 2.33. The summed E-state index contributed by atoms with van der Waals surface area (Å²) in [5.74, 6) is 0.960. The van der Waals surface area contributed by atoms with Gasteiger partial charge in [0.05, 0.1) is 37.4 Å². The minimum Gasteiger partial charge on any atom is -0.493 e. The fourth-order valence-corrected chi connectivity index (χ4v) is 5.17. The Bertz CT molecular complexity index is 1680. The average molecular weight is 604 g/mol. The predicted octanol–water partition coefficient (Wildman–Crippen LogP) is 4.87. The molecule has 0 aliphatic heterocycles. The van der Waals surface area contributed by atoms with E-state index in [2.05, 4.69) is 10.6 Å². The van der Waals surface area contributed by atoms with Crippen LogP contribution in [0.3, 0.4) is 0 Å². The molecule has 0 atom stereocenters. The Morgan fingerprint density at radius 1 is 0.791 bits per heavy atom. The summed E-state index contributed by atoms with van der Waals surface area (Å²) < 4.78 is 43.1. The van der Waals surface area contributed by atoms with Gasteiger partial charge < -0.3 is 24.8 Å². The van der Waals surface area contributed by atoms with Crippen LogP contribution < -0.4 is 29.1 Å². The van der Waals surface area contributed by atoms with Gasteiger partial charge in [0, 0.05) is 6.54 Å². The molecule has 0 saturated carbocycles. The Morgan fingerprint density at radius 2 is 1.47 bits per heavy atom. The highest BCUT2D eigenvalue weighted by Gasteiger charge is 2.25. The summed E-state index contributed by atoms with van der Waals surface area (Å²) in [5, 5.41) is 5.56. The highest BCUT2D eigenvalue weighted by atomic mass is 32.2. The molecule has 224 valence electrons. The first-order valence-electron chi connectivity index (χ1n) is 13.4. The number of benzene rings is 4. The SMILES string of the molecule is COc1ccc(CCNC(=O)c2ccccc2NC(=O)CN(c2ccccc2Oc2ccccc2)S(C)(=O)=O)cc1OC. The second kappa shape index (κ2) is 14.2. The van der Waals surface area contributed by atoms with Crippen molar-refractivity contribution in [3.63, 3.8) is 0 Å². The minimum atomic E-state index is -3.90. The van der Waals surface area contributed by atoms with Gasteiger partial charge in [-0.15, -0.1) is 0 Å². The highest BCUT2D eigenvalue weighted by molar-refractivity contribution is 7.92. The average Bonchev–Trinajstić information content (AvgIpc) is 3.00. The van der Waals surface area contributed by atoms with E-state index < -0.39 is 28.4 Å². The van der Waals surface area contributed by atoms with Gasteiger partial charge in [-0.05, 0) is 60.5 Å². The molecule has 0 aromatic heterocycles. The van der Waals surface area contributed by atoms with E-state index in [4.69, 9.17) is 14.2 Å². The molecule has 0 spiro atoms. The maximum absolute atomic E-state index is 13.2. The van der Waals surface area contributed by atoms with Gasteiger partial charge in [-0.25, -0.2) is 8.42 Å². The Kier molecular flexibility index (Phi) is 10.2. The van der Waals surface area contributed by atoms with Crippen molar-refractivity contribution in [2.75, 3.05) is 43.2 Å². The van der Waals surface area contributed by atoms with E-state index in [9.17, 15) is 18.0 Å². The van der Waals surface area contributed by atoms with Crippen molar-refractivity contribution in [2.24, 2.45) is 0 Å². The lowest BCUT2D eigenvalue weighted by molar-refractivity contribution is -0.114. The topological polar surface area (TPSA) is 123 Å². The molecule has 0 bridgehead atoms. The van der Waals surface area contributed by atoms with Gasteiger partial charge in [0.2, 0.25) is 15.9 Å². The van der Waals surface area contributed by atoms with Gasteiger partial charge in [0.15, 0.2) is 17.2 Å². The van der Waals surface area contributed by atoms with Gasteiger partial charge in [-0.3, -0.25) is 13.9 Å². The van der Waals surface area contributed by atoms with Gasteiger partial charge in [0.1, 0.15) is 12.3 Å². The van der Waals surface area contributed by atoms with Crippen molar-refractivity contribution >= 4 is 33.2 Å². The predicted molar refractivity (Wildman–Crippen MR) is 166 cm³/mol. The monoisotopic (exact) mass is 603 g/mol. The molecule has 4 rings (SSSR count). The summed E-state index contributed by atoms with van der Waals surface area (Å²) in [6, 6.07) is 27.5. The number of para-hydroxylation sites is 4. The molecule has 0 aliphatic carbocycles. The van der Waals surface area contributed by atoms with Crippen LogP contribution in [-0.2, 0) is 21.2 Å². The molecule has 10 nitrogen and oxygen atoms in total. The van der Waals surface area contributed by atoms with E-state index in [0.717, 1.165) is 16.1 Å². The molecule has 0 saturated heterocycles. The molecular weight excluding hydrogens is 570 g/mol. The summed E-state index contributed by atoms with van der Waals surface area (Å²) in [4.78, 5) is 26.2. The molecule has 2 N–H and O–H groups in total. The van der Waals surface area contributed by atoms with E-state index in [-0.39, 0.29) is 22.7 Å². The molecule has 0 unspecified atom stereocenters. The maximum atomic E-state index is 13.2. The van der Waals surface area contributed by atoms with Crippen LogP contribution in [-0.4, -0.2) is 53.8 Å². The largest absolute Gasteiger partial charge is 0.493 e. The zero-order chi connectivity index (χ0) is 30.8. The number of hydrogen-bond donors (Lipinski definition) is 2. The van der Waals surface area contributed by atoms with Crippen molar-refractivity contribution in [3.05, 3.63) is 108 Å². The molecule has 4 aromatic rings. The van der Waals surface area contributed by atoms with Crippen LogP contribution in [0.5, 0.6) is 23.0 Å². The molecule has 0 aliphatic rings. The first-order valence-corrected chi connectivity index (χ1v) is 15.2. The smallest absolute Gasteiger partial charge is 0.253 e. The summed E-state index contributed by atoms with van der Waals surface area (Å²) in [5.41, 5.74) is 1.63. The Labute approximate surface area is 251 Å². The van der Waals surface area contributed by atoms with Crippen LogP contribution >= 0.6 is 0 Å². The third-order valence-corrected chi connectivity index (χ3v) is 7.51. The standard InChI is InChI=1S/C32H33N3O7S/c1-40-29-18-17-23(21-30(29)41-2)19-20-33-32(37)25-13-7-8-14-26(25)34-31(36)22-35(43(3,38)39)27-15-9-10-16-28(27)42-24-11-5-4-6-12-24/h4-18,21H,19-20,22H2,1-3H3,(H,33,37)(H,34,36). The third kappa shape index (κ3) is 8.26. The number of anilines is 2. The second-order valence-electron chi connectivity index (χ2n) is 9.44. The van der Waals surface area contributed by atoms with E-state index in [1.54, 1.807) is 93.1 Å². The van der Waals surface area contributed by atoms with E-state index in [1.807, 2.05) is 18.2 Å². The summed E-state index contributed by atoms with van der Waals surface area (Å²) in [7, 11) is -0.780. The number of sulfonamides is 1. The summed E-state index contributed by atoms with van der Waals surface area (Å²) in [6.07, 6.45) is 1.55. The van der Waals surface area contributed by atoms with Crippen LogP contribution in [0.15, 0.2) is 97.1 Å². The summed E-state index contributed by atoms with van der Waals surface area (Å²) in [6.45, 7) is -0.208. The van der Waals surface area contributed by atoms with E-state index in [0.29, 0.717) is 30.2 Å². The number of ether oxygens (including phenoxy) is 3. The van der Waals surface area contributed by atoms with Crippen LogP contribution in [0.25, 0.3) is 0 Å². The van der Waals surface area contributed by atoms with Crippen molar-refractivity contribution in [3.8, 4) is 23.0 Å². The van der Waals surface area contributed by atoms with Crippen LogP contribution in [0, 0.1) is 0 Å². The van der Waals surface area contributed by atoms with Gasteiger partial charge in [0.25, 0.3) is 5.91 Å². The Morgan fingerprint density at radius 3 is 2.19 bits per heavy atom. The number of amides is 2. The zero-order valence-corrected chi connectivity index (χ0v) is 24.9. The Hall–Kier alpha value is -5.03. The van der Waals surface area contributed by atoms with E-state index in [1.165, 1.54) is 0 Å². The lowest BCUT2D eigenvalue weighted by Crippen LogP contribution is -2.38. The Balaban J connectivity index is 1.45. The van der Waals surface area contributed by atoms with Gasteiger partial charge in [-0.2, -0.15) is 0 Å². The molecule has 0 fully saturated rings. The number of rotatable bonds is 13. The fraction of sp³-hybridized carbons (Fsp3) is 0.188. The first-order chi connectivity index (χ1) is 20.7. The lowest BCUT2D eigenvalue weighted by Gasteiger charge is -2.24. The number of methoxy groups -OCH3 is 2. The molecule has 0 radical (unpaired) electrons. The van der Waals surface area contributed by atoms with Crippen LogP contribution in [0.1, 0.15) is 15.9 Å². The quantitative estimate of drug-likeness (QED) is 0.223. The van der Waals surface area contributed by atoms with Crippen LogP contribution in [0.2, 0.25) is 0 Å². The normalized spacial score (nSPS) is 10.9. The van der Waals surface area contributed by atoms with Gasteiger partial charge in [-0.1, -0.05) is 48.5 Å². The van der Waals surface area contributed by atoms with Crippen molar-refractivity contribution < 1.29 is 32.2 Å². The number of carbonyl (C=O) groups is 2. The van der Waals surface area contributed by atoms with Crippen molar-refractivity contribution in [1.29, 1.82) is 0 Å². The minimum absolute atomic E-state index is 0.199. The second-order valence-corrected chi connectivity index (χ2v) is 11.3. The third-order valence-electron chi connectivity index (χ3n) is 6.39. The van der Waals surface area contributed by atoms with Crippen molar-refractivity contribution in [2.45, 2.75) is 6.42 Å². The number of hydrogen-bond acceptors (Lipinski definition) is 7. The molecule has 0 heterocycles. The van der Waals surface area contributed by atoms with Gasteiger partial charge >= 0.3 is 0 Å². The number of nitrogens with one attached hydrogen (secondary N) is 2. The first kappa shape index (κ1) is 30.9. The molecular formula is C32H33N3O7S. The number of carbonyl (C=O) groups excluding carboxylic acids is 2. The fourth-order valence-electron chi connectivity index (χ4n) is 4.31. The lowest BCUT2D eigenvalue weighted by atomic mass is 10.1. The summed E-state index contributed by atoms with van der Waals surface area (Å²) >= 11 is 0. The van der Waals surface area contributed by atoms with Crippen molar-refractivity contribution in [1.82, 2.24) is 5.32 Å². The molecule has 11 heteroatoms. The zero-order valence-electron chi connectivity index (χ0n) is 24.1.